The van der Waals surface area contributed by atoms with Crippen LogP contribution in [0.3, 0.4) is 0 Å². The molecule has 0 aromatic heterocycles. The van der Waals surface area contributed by atoms with Crippen molar-refractivity contribution in [1.82, 2.24) is 5.32 Å². The number of aromatic hydroxyl groups is 2. The SMILES string of the molecule is CCc1cc(OC2=C(/C=C/C3=[N+](C)c4ccc5ccccc5c4C3(C)C)CCC/C2=C\C=C2\C(NC)c3ccc4ccccc4c3C2(C)C)cc(Cc2ccc(O)c(Cc3cc(O)cc(C)c3C)c2C)c1C. The molecule has 7 aromatic carbocycles. The van der Waals surface area contributed by atoms with E-state index in [1.165, 1.54) is 83.0 Å². The predicted octanol–water partition coefficient (Wildman–Crippen LogP) is 15.6. The van der Waals surface area contributed by atoms with Gasteiger partial charge in [0.05, 0.1) is 11.5 Å². The lowest BCUT2D eigenvalue weighted by Crippen LogP contribution is -2.27. The van der Waals surface area contributed by atoms with Crippen molar-refractivity contribution >= 4 is 32.9 Å². The number of allylic oxidation sites excluding steroid dienone is 6. The molecule has 5 heteroatoms. The molecule has 366 valence electrons. The van der Waals surface area contributed by atoms with Crippen molar-refractivity contribution in [1.29, 1.82) is 0 Å². The first-order chi connectivity index (χ1) is 34.5. The molecule has 72 heavy (non-hydrogen) atoms. The third-order valence-corrected chi connectivity index (χ3v) is 16.9. The summed E-state index contributed by atoms with van der Waals surface area (Å²) >= 11 is 0. The number of phenolic OH excluding ortho intramolecular Hbond substituents is 2. The van der Waals surface area contributed by atoms with Gasteiger partial charge in [-0.05, 0) is 217 Å². The second kappa shape index (κ2) is 18.9. The Bertz CT molecular complexity index is 3520. The summed E-state index contributed by atoms with van der Waals surface area (Å²) in [6.45, 7) is 20.2. The number of aryl methyl sites for hydroxylation is 2. The monoisotopic (exact) mass is 952 g/mol. The zero-order chi connectivity index (χ0) is 50.8. The van der Waals surface area contributed by atoms with Crippen LogP contribution in [-0.4, -0.2) is 34.6 Å². The Morgan fingerprint density at radius 2 is 1.36 bits per heavy atom. The van der Waals surface area contributed by atoms with E-state index in [1.807, 2.05) is 19.1 Å². The smallest absolute Gasteiger partial charge is 0.210 e. The molecule has 0 saturated carbocycles. The lowest BCUT2D eigenvalue weighted by molar-refractivity contribution is -0.401. The highest BCUT2D eigenvalue weighted by molar-refractivity contribution is 6.07. The van der Waals surface area contributed by atoms with Crippen molar-refractivity contribution < 1.29 is 19.5 Å². The molecule has 0 amide bonds. The second-order valence-corrected chi connectivity index (χ2v) is 21.8. The molecule has 0 fully saturated rings. The van der Waals surface area contributed by atoms with Gasteiger partial charge in [0.25, 0.3) is 0 Å². The van der Waals surface area contributed by atoms with Crippen LogP contribution >= 0.6 is 0 Å². The number of rotatable bonds is 11. The summed E-state index contributed by atoms with van der Waals surface area (Å²) in [6.07, 6.45) is 14.4. The van der Waals surface area contributed by atoms with Crippen LogP contribution in [0.25, 0.3) is 21.5 Å². The highest BCUT2D eigenvalue weighted by atomic mass is 16.5. The van der Waals surface area contributed by atoms with Crippen molar-refractivity contribution in [3.63, 3.8) is 0 Å². The molecule has 7 aromatic rings. The van der Waals surface area contributed by atoms with E-state index in [2.05, 4.69) is 195 Å². The lowest BCUT2D eigenvalue weighted by atomic mass is 9.78. The van der Waals surface area contributed by atoms with Gasteiger partial charge in [0.15, 0.2) is 5.71 Å². The molecule has 1 unspecified atom stereocenters. The van der Waals surface area contributed by atoms with Gasteiger partial charge in [-0.15, -0.1) is 0 Å². The Kier molecular flexibility index (Phi) is 12.8. The molecular formula is C67H71N2O3+. The van der Waals surface area contributed by atoms with E-state index in [4.69, 9.17) is 4.74 Å². The molecule has 5 nitrogen and oxygen atoms in total. The molecule has 10 rings (SSSR count). The number of likely N-dealkylation sites (N-methyl/N-ethyl adjacent to an activating group) is 1. The fourth-order valence-corrected chi connectivity index (χ4v) is 12.7. The van der Waals surface area contributed by atoms with Gasteiger partial charge >= 0.3 is 0 Å². The normalized spacial score (nSPS) is 18.3. The van der Waals surface area contributed by atoms with Crippen molar-refractivity contribution in [2.75, 3.05) is 14.1 Å². The van der Waals surface area contributed by atoms with Crippen LogP contribution in [0.5, 0.6) is 17.2 Å². The quantitative estimate of drug-likeness (QED) is 0.113. The maximum Gasteiger partial charge on any atom is 0.210 e. The minimum atomic E-state index is -0.217. The standard InChI is InChI=1S/C67H70N2O3/c1-12-44-37-53(38-50(42(44)4)35-49-27-32-60(71)57(43(49)5)39-51-36-52(70)34-40(2)41(51)3)72-65-47(25-30-58-64(68-10)56-29-24-45-18-13-15-22-54(45)62(56)66(58,6)7)20-17-21-48(65)28-33-61-67(8,9)63-55-23-16-14-19-46(55)26-31-59(63)69(61)11/h13-16,18-19,22-34,36-38,64,68H,12,17,20-21,35,39H2,1-11H3,(H-,70,71)/p+1/b33-28+,47-25+,58-30-. The first-order valence-corrected chi connectivity index (χ1v) is 26.1. The Morgan fingerprint density at radius 3 is 2.08 bits per heavy atom. The molecule has 3 N–H and O–H groups in total. The highest BCUT2D eigenvalue weighted by Crippen LogP contribution is 2.52. The fourth-order valence-electron chi connectivity index (χ4n) is 12.7. The van der Waals surface area contributed by atoms with Crippen LogP contribution < -0.4 is 10.1 Å². The number of hydrogen-bond acceptors (Lipinski definition) is 4. The number of fused-ring (bicyclic) bond motifs is 6. The molecular weight excluding hydrogens is 881 g/mol. The molecule has 1 atom stereocenters. The Labute approximate surface area is 427 Å². The average Bonchev–Trinajstić information content (AvgIpc) is 3.71. The van der Waals surface area contributed by atoms with Crippen molar-refractivity contribution in [2.24, 2.45) is 0 Å². The fraction of sp³-hybridized carbons (Fsp3) is 0.299. The highest BCUT2D eigenvalue weighted by Gasteiger charge is 2.45. The maximum atomic E-state index is 11.3. The van der Waals surface area contributed by atoms with E-state index < -0.39 is 0 Å². The van der Waals surface area contributed by atoms with Gasteiger partial charge in [0.2, 0.25) is 5.69 Å². The zero-order valence-electron chi connectivity index (χ0n) is 44.3. The summed E-state index contributed by atoms with van der Waals surface area (Å²) in [5.74, 6) is 2.31. The molecule has 1 aliphatic heterocycles. The maximum absolute atomic E-state index is 11.3. The summed E-state index contributed by atoms with van der Waals surface area (Å²) in [5, 5.41) is 30.7. The topological polar surface area (TPSA) is 64.7 Å². The van der Waals surface area contributed by atoms with Crippen LogP contribution in [-0.2, 0) is 30.1 Å². The summed E-state index contributed by atoms with van der Waals surface area (Å²) in [5.41, 5.74) is 20.0. The van der Waals surface area contributed by atoms with E-state index >= 15 is 0 Å². The van der Waals surface area contributed by atoms with Gasteiger partial charge < -0.3 is 20.3 Å². The van der Waals surface area contributed by atoms with Gasteiger partial charge in [-0.25, -0.2) is 0 Å². The molecule has 0 spiro atoms. The third-order valence-electron chi connectivity index (χ3n) is 16.9. The minimum Gasteiger partial charge on any atom is -0.508 e. The molecule has 2 aliphatic carbocycles. The summed E-state index contributed by atoms with van der Waals surface area (Å²) in [6, 6.07) is 38.8. The molecule has 0 bridgehead atoms. The lowest BCUT2D eigenvalue weighted by Gasteiger charge is -2.26. The van der Waals surface area contributed by atoms with Gasteiger partial charge in [0, 0.05) is 35.1 Å². The third kappa shape index (κ3) is 8.39. The van der Waals surface area contributed by atoms with Crippen LogP contribution in [0.2, 0.25) is 0 Å². The number of hydrogen-bond donors (Lipinski definition) is 3. The number of nitrogens with zero attached hydrogens (tertiary/aromatic N) is 1. The van der Waals surface area contributed by atoms with Gasteiger partial charge in [-0.2, -0.15) is 4.58 Å². The van der Waals surface area contributed by atoms with Crippen LogP contribution in [0, 0.1) is 27.7 Å². The van der Waals surface area contributed by atoms with Gasteiger partial charge in [-0.1, -0.05) is 99.7 Å². The van der Waals surface area contributed by atoms with Crippen molar-refractivity contribution in [2.45, 2.75) is 118 Å². The number of benzene rings is 7. The number of nitrogens with one attached hydrogen (secondary N) is 1. The Balaban J connectivity index is 1.07. The molecule has 3 aliphatic rings. The van der Waals surface area contributed by atoms with Crippen LogP contribution in [0.15, 0.2) is 156 Å². The first kappa shape index (κ1) is 48.7. The van der Waals surface area contributed by atoms with E-state index in [0.717, 1.165) is 70.6 Å². The summed E-state index contributed by atoms with van der Waals surface area (Å²) < 4.78 is 9.81. The van der Waals surface area contributed by atoms with E-state index in [0.29, 0.717) is 12.8 Å². The largest absolute Gasteiger partial charge is 0.508 e. The molecule has 0 saturated heterocycles. The van der Waals surface area contributed by atoms with E-state index in [-0.39, 0.29) is 28.4 Å². The molecule has 0 radical (unpaired) electrons. The van der Waals surface area contributed by atoms with Crippen molar-refractivity contribution in [3.05, 3.63) is 223 Å². The van der Waals surface area contributed by atoms with E-state index in [1.54, 1.807) is 6.07 Å². The summed E-state index contributed by atoms with van der Waals surface area (Å²) in [7, 11) is 4.30. The van der Waals surface area contributed by atoms with Gasteiger partial charge in [0.1, 0.15) is 30.1 Å². The Morgan fingerprint density at radius 1 is 0.681 bits per heavy atom. The number of phenols is 2. The minimum absolute atomic E-state index is 0.0885. The second-order valence-electron chi connectivity index (χ2n) is 21.8. The van der Waals surface area contributed by atoms with Crippen molar-refractivity contribution in [3.8, 4) is 17.2 Å². The van der Waals surface area contributed by atoms with Gasteiger partial charge in [-0.3, -0.25) is 0 Å². The zero-order valence-corrected chi connectivity index (χ0v) is 44.3. The average molecular weight is 952 g/mol. The summed E-state index contributed by atoms with van der Waals surface area (Å²) in [4.78, 5) is 0. The predicted molar refractivity (Wildman–Crippen MR) is 300 cm³/mol. The first-order valence-electron chi connectivity index (χ1n) is 26.1. The van der Waals surface area contributed by atoms with E-state index in [9.17, 15) is 10.2 Å². The molecule has 1 heterocycles. The number of ether oxygens (including phenoxy) is 1. The Hall–Kier alpha value is -6.95. The van der Waals surface area contributed by atoms with Crippen LogP contribution in [0.1, 0.15) is 127 Å². The van der Waals surface area contributed by atoms with Crippen LogP contribution in [0.4, 0.5) is 5.69 Å².